The number of benzene rings is 1. The first-order valence-corrected chi connectivity index (χ1v) is 6.10. The summed E-state index contributed by atoms with van der Waals surface area (Å²) in [6.07, 6.45) is 0.877. The number of para-hydroxylation sites is 1. The third-order valence-corrected chi connectivity index (χ3v) is 3.08. The second-order valence-corrected chi connectivity index (χ2v) is 4.42. The molecule has 2 rings (SSSR count). The number of rotatable bonds is 6. The summed E-state index contributed by atoms with van der Waals surface area (Å²) in [4.78, 5) is 24.5. The van der Waals surface area contributed by atoms with Crippen LogP contribution < -0.4 is 0 Å². The Morgan fingerprint density at radius 2 is 1.63 bits per heavy atom. The topological polar surface area (TPSA) is 90.4 Å². The fraction of sp³-hybridized carbons (Fsp3) is 0.286. The van der Waals surface area contributed by atoms with Crippen LogP contribution in [0.25, 0.3) is 10.9 Å². The summed E-state index contributed by atoms with van der Waals surface area (Å²) in [5.41, 5.74) is 2.66. The summed E-state index contributed by atoms with van der Waals surface area (Å²) in [5, 5.41) is 18.5. The van der Waals surface area contributed by atoms with Gasteiger partial charge in [-0.2, -0.15) is 0 Å². The number of aryl methyl sites for hydroxylation is 2. The number of hydrogen-bond acceptors (Lipinski definition) is 2. The van der Waals surface area contributed by atoms with Gasteiger partial charge in [-0.25, -0.2) is 0 Å². The minimum Gasteiger partial charge on any atom is -0.481 e. The Morgan fingerprint density at radius 3 is 2.32 bits per heavy atom. The molecule has 0 atom stereocenters. The molecule has 5 heteroatoms. The molecule has 5 nitrogen and oxygen atoms in total. The molecule has 0 aliphatic carbocycles. The van der Waals surface area contributed by atoms with E-state index in [1.165, 1.54) is 0 Å². The van der Waals surface area contributed by atoms with Gasteiger partial charge in [0, 0.05) is 23.0 Å². The number of carbonyl (C=O) groups is 2. The van der Waals surface area contributed by atoms with E-state index in [9.17, 15) is 9.59 Å². The highest BCUT2D eigenvalue weighted by molar-refractivity contribution is 5.85. The van der Waals surface area contributed by atoms with Crippen molar-refractivity contribution in [2.24, 2.45) is 0 Å². The summed E-state index contributed by atoms with van der Waals surface area (Å²) >= 11 is 0. The maximum absolute atomic E-state index is 10.7. The molecule has 0 bridgehead atoms. The third kappa shape index (κ3) is 3.13. The molecule has 100 valence electrons. The second kappa shape index (κ2) is 5.56. The maximum atomic E-state index is 10.7. The lowest BCUT2D eigenvalue weighted by Crippen LogP contribution is -2.02. The van der Waals surface area contributed by atoms with Crippen LogP contribution in [0.15, 0.2) is 24.3 Å². The van der Waals surface area contributed by atoms with Crippen LogP contribution in [-0.2, 0) is 22.4 Å². The van der Waals surface area contributed by atoms with E-state index in [0.717, 1.165) is 22.2 Å². The van der Waals surface area contributed by atoms with Gasteiger partial charge < -0.3 is 15.2 Å². The lowest BCUT2D eigenvalue weighted by molar-refractivity contribution is -0.138. The molecule has 1 aromatic carbocycles. The lowest BCUT2D eigenvalue weighted by Gasteiger charge is -2.02. The molecule has 3 N–H and O–H groups in total. The molecule has 0 saturated heterocycles. The molecule has 0 saturated carbocycles. The van der Waals surface area contributed by atoms with Gasteiger partial charge in [-0.05, 0) is 24.5 Å². The Morgan fingerprint density at radius 1 is 1.00 bits per heavy atom. The molecule has 0 aliphatic rings. The quantitative estimate of drug-likeness (QED) is 0.743. The molecular formula is C14H15NO4. The molecule has 1 aromatic heterocycles. The number of carboxylic acid groups (broad SMARTS) is 2. The number of aromatic nitrogens is 1. The number of fused-ring (bicyclic) bond motifs is 1. The molecule has 19 heavy (non-hydrogen) atoms. The Balaban J connectivity index is 2.33. The van der Waals surface area contributed by atoms with Crippen LogP contribution in [0, 0.1) is 0 Å². The van der Waals surface area contributed by atoms with E-state index in [4.69, 9.17) is 10.2 Å². The number of aliphatic carboxylic acids is 2. The van der Waals surface area contributed by atoms with Crippen molar-refractivity contribution in [3.8, 4) is 0 Å². The van der Waals surface area contributed by atoms with Crippen LogP contribution in [0.1, 0.15) is 24.1 Å². The molecule has 0 aliphatic heterocycles. The Bertz CT molecular complexity index is 615. The zero-order valence-electron chi connectivity index (χ0n) is 10.3. The minimum atomic E-state index is -0.858. The van der Waals surface area contributed by atoms with Crippen LogP contribution in [0.4, 0.5) is 0 Å². The van der Waals surface area contributed by atoms with Gasteiger partial charge in [-0.1, -0.05) is 18.2 Å². The van der Waals surface area contributed by atoms with Crippen molar-refractivity contribution in [2.75, 3.05) is 0 Å². The van der Waals surface area contributed by atoms with Gasteiger partial charge >= 0.3 is 11.9 Å². The molecule has 0 spiro atoms. The average molecular weight is 261 g/mol. The van der Waals surface area contributed by atoms with Crippen LogP contribution in [0.3, 0.4) is 0 Å². The number of H-pyrrole nitrogens is 1. The van der Waals surface area contributed by atoms with Crippen molar-refractivity contribution in [3.63, 3.8) is 0 Å². The number of carboxylic acids is 2. The predicted molar refractivity (Wildman–Crippen MR) is 70.2 cm³/mol. The van der Waals surface area contributed by atoms with Crippen molar-refractivity contribution < 1.29 is 19.8 Å². The first kappa shape index (κ1) is 13.1. The molecule has 0 amide bonds. The highest BCUT2D eigenvalue weighted by Crippen LogP contribution is 2.24. The van der Waals surface area contributed by atoms with Crippen LogP contribution in [-0.4, -0.2) is 27.1 Å². The van der Waals surface area contributed by atoms with E-state index in [1.807, 2.05) is 24.3 Å². The molecule has 0 fully saturated rings. The maximum Gasteiger partial charge on any atom is 0.303 e. The molecule has 0 radical (unpaired) electrons. The number of aromatic amines is 1. The Labute approximate surface area is 109 Å². The normalized spacial score (nSPS) is 10.7. The third-order valence-electron chi connectivity index (χ3n) is 3.08. The zero-order valence-corrected chi connectivity index (χ0v) is 10.3. The second-order valence-electron chi connectivity index (χ2n) is 4.42. The van der Waals surface area contributed by atoms with Gasteiger partial charge in [0.05, 0.1) is 6.42 Å². The largest absolute Gasteiger partial charge is 0.481 e. The standard InChI is InChI=1S/C14H15NO4/c16-13(17)7-5-10-9-3-1-2-4-11(9)15-12(10)6-8-14(18)19/h1-4,15H,5-8H2,(H,16,17)(H,18,19). The van der Waals surface area contributed by atoms with E-state index in [2.05, 4.69) is 4.98 Å². The van der Waals surface area contributed by atoms with Crippen molar-refractivity contribution in [3.05, 3.63) is 35.5 Å². The molecule has 1 heterocycles. The van der Waals surface area contributed by atoms with Gasteiger partial charge in [0.2, 0.25) is 0 Å². The van der Waals surface area contributed by atoms with Crippen LogP contribution in [0.5, 0.6) is 0 Å². The molecule has 0 unspecified atom stereocenters. The Hall–Kier alpha value is -2.30. The fourth-order valence-corrected chi connectivity index (χ4v) is 2.22. The van der Waals surface area contributed by atoms with Gasteiger partial charge in [0.15, 0.2) is 0 Å². The van der Waals surface area contributed by atoms with E-state index in [0.29, 0.717) is 12.8 Å². The first-order chi connectivity index (χ1) is 9.08. The fourth-order valence-electron chi connectivity index (χ4n) is 2.22. The predicted octanol–water partition coefficient (Wildman–Crippen LogP) is 2.20. The Kier molecular flexibility index (Phi) is 3.85. The average Bonchev–Trinajstić information content (AvgIpc) is 2.71. The van der Waals surface area contributed by atoms with Gasteiger partial charge in [-0.15, -0.1) is 0 Å². The summed E-state index contributed by atoms with van der Waals surface area (Å²) in [7, 11) is 0. The summed E-state index contributed by atoms with van der Waals surface area (Å²) in [6, 6.07) is 7.61. The monoisotopic (exact) mass is 261 g/mol. The lowest BCUT2D eigenvalue weighted by atomic mass is 10.0. The number of hydrogen-bond donors (Lipinski definition) is 3. The minimum absolute atomic E-state index is 0.0346. The molecule has 2 aromatic rings. The van der Waals surface area contributed by atoms with Crippen molar-refractivity contribution in [1.82, 2.24) is 4.98 Å². The highest BCUT2D eigenvalue weighted by Gasteiger charge is 2.13. The van der Waals surface area contributed by atoms with Crippen molar-refractivity contribution in [1.29, 1.82) is 0 Å². The SMILES string of the molecule is O=C(O)CCc1[nH]c2ccccc2c1CCC(=O)O. The summed E-state index contributed by atoms with van der Waals surface area (Å²) in [6.45, 7) is 0. The highest BCUT2D eigenvalue weighted by atomic mass is 16.4. The van der Waals surface area contributed by atoms with E-state index < -0.39 is 11.9 Å². The van der Waals surface area contributed by atoms with Gasteiger partial charge in [-0.3, -0.25) is 9.59 Å². The van der Waals surface area contributed by atoms with E-state index in [1.54, 1.807) is 0 Å². The first-order valence-electron chi connectivity index (χ1n) is 6.10. The summed E-state index contributed by atoms with van der Waals surface area (Å²) < 4.78 is 0. The zero-order chi connectivity index (χ0) is 13.8. The van der Waals surface area contributed by atoms with Crippen molar-refractivity contribution >= 4 is 22.8 Å². The van der Waals surface area contributed by atoms with Crippen LogP contribution in [0.2, 0.25) is 0 Å². The summed E-state index contributed by atoms with van der Waals surface area (Å²) in [5.74, 6) is -1.71. The van der Waals surface area contributed by atoms with Crippen molar-refractivity contribution in [2.45, 2.75) is 25.7 Å². The van der Waals surface area contributed by atoms with E-state index >= 15 is 0 Å². The van der Waals surface area contributed by atoms with Crippen LogP contribution >= 0.6 is 0 Å². The molecular weight excluding hydrogens is 246 g/mol. The number of nitrogens with one attached hydrogen (secondary N) is 1. The van der Waals surface area contributed by atoms with Gasteiger partial charge in [0.1, 0.15) is 0 Å². The smallest absolute Gasteiger partial charge is 0.303 e. The van der Waals surface area contributed by atoms with E-state index in [-0.39, 0.29) is 12.8 Å². The van der Waals surface area contributed by atoms with Gasteiger partial charge in [0.25, 0.3) is 0 Å².